The summed E-state index contributed by atoms with van der Waals surface area (Å²) in [5.74, 6) is -1.23. The molecule has 1 aromatic carbocycles. The van der Waals surface area contributed by atoms with Gasteiger partial charge in [0.25, 0.3) is 5.91 Å². The van der Waals surface area contributed by atoms with Crippen LogP contribution in [0.4, 0.5) is 0 Å². The number of nitrogens with zero attached hydrogens (tertiary/aromatic N) is 1. The molecule has 0 saturated carbocycles. The third-order valence-electron chi connectivity index (χ3n) is 3.38. The number of aromatic carboxylic acids is 1. The van der Waals surface area contributed by atoms with Crippen molar-refractivity contribution < 1.29 is 19.4 Å². The molecule has 0 spiro atoms. The van der Waals surface area contributed by atoms with Gasteiger partial charge in [-0.1, -0.05) is 18.2 Å². The average Bonchev–Trinajstić information content (AvgIpc) is 3.05. The fourth-order valence-electron chi connectivity index (χ4n) is 2.46. The highest BCUT2D eigenvalue weighted by Gasteiger charge is 2.27. The molecule has 2 aromatic rings. The summed E-state index contributed by atoms with van der Waals surface area (Å²) in [7, 11) is 0. The van der Waals surface area contributed by atoms with E-state index in [-0.39, 0.29) is 11.5 Å². The number of carbonyl (C=O) groups excluding carboxylic acids is 1. The van der Waals surface area contributed by atoms with Gasteiger partial charge in [0.2, 0.25) is 0 Å². The van der Waals surface area contributed by atoms with E-state index in [4.69, 9.17) is 4.74 Å². The number of hydrogen-bond acceptors (Lipinski definition) is 3. The van der Waals surface area contributed by atoms with Gasteiger partial charge in [-0.2, -0.15) is 0 Å². The van der Waals surface area contributed by atoms with Crippen molar-refractivity contribution in [2.24, 2.45) is 0 Å². The highest BCUT2D eigenvalue weighted by Crippen LogP contribution is 2.23. The highest BCUT2D eigenvalue weighted by atomic mass is 16.5. The summed E-state index contributed by atoms with van der Waals surface area (Å²) in [5, 5.41) is 9.76. The lowest BCUT2D eigenvalue weighted by Gasteiger charge is -2.09. The summed E-state index contributed by atoms with van der Waals surface area (Å²) in [6.07, 6.45) is 2.48. The van der Waals surface area contributed by atoms with Crippen LogP contribution in [0.2, 0.25) is 0 Å². The van der Waals surface area contributed by atoms with Crippen molar-refractivity contribution in [2.45, 2.75) is 18.9 Å². The molecule has 1 unspecified atom stereocenters. The first kappa shape index (κ1) is 11.9. The standard InChI is InChI=1S/C14H13NO4/c16-13(12-6-3-7-19-12)15-8-10(14(17)18)9-4-1-2-5-11(9)15/h1-2,4-5,8,12H,3,6-7H2,(H,17,18). The van der Waals surface area contributed by atoms with Crippen LogP contribution in [0.15, 0.2) is 30.5 Å². The van der Waals surface area contributed by atoms with Gasteiger partial charge in [0.15, 0.2) is 0 Å². The van der Waals surface area contributed by atoms with Crippen molar-refractivity contribution in [1.29, 1.82) is 0 Å². The number of fused-ring (bicyclic) bond motifs is 1. The first-order valence-electron chi connectivity index (χ1n) is 6.17. The normalized spacial score (nSPS) is 18.8. The molecule has 1 aliphatic rings. The van der Waals surface area contributed by atoms with Crippen LogP contribution >= 0.6 is 0 Å². The van der Waals surface area contributed by atoms with E-state index in [0.717, 1.165) is 6.42 Å². The molecule has 1 aromatic heterocycles. The molecule has 5 nitrogen and oxygen atoms in total. The van der Waals surface area contributed by atoms with Crippen molar-refractivity contribution in [3.63, 3.8) is 0 Å². The lowest BCUT2D eigenvalue weighted by atomic mass is 10.2. The van der Waals surface area contributed by atoms with Crippen LogP contribution in [0.1, 0.15) is 28.0 Å². The zero-order valence-corrected chi connectivity index (χ0v) is 10.2. The van der Waals surface area contributed by atoms with E-state index in [9.17, 15) is 14.7 Å². The maximum absolute atomic E-state index is 12.3. The molecule has 1 atom stereocenters. The molecule has 98 valence electrons. The molecule has 1 N–H and O–H groups in total. The van der Waals surface area contributed by atoms with E-state index in [1.165, 1.54) is 10.8 Å². The van der Waals surface area contributed by atoms with Crippen molar-refractivity contribution in [3.05, 3.63) is 36.0 Å². The number of rotatable bonds is 2. The largest absolute Gasteiger partial charge is 0.478 e. The lowest BCUT2D eigenvalue weighted by Crippen LogP contribution is -2.25. The molecule has 2 heterocycles. The zero-order chi connectivity index (χ0) is 13.4. The van der Waals surface area contributed by atoms with Gasteiger partial charge in [0.1, 0.15) is 6.10 Å². The molecule has 1 saturated heterocycles. The Kier molecular flexibility index (Phi) is 2.83. The zero-order valence-electron chi connectivity index (χ0n) is 10.2. The Morgan fingerprint density at radius 1 is 1.32 bits per heavy atom. The Morgan fingerprint density at radius 2 is 2.11 bits per heavy atom. The van der Waals surface area contributed by atoms with Crippen molar-refractivity contribution in [1.82, 2.24) is 4.57 Å². The second kappa shape index (κ2) is 4.51. The number of carbonyl (C=O) groups is 2. The number of benzene rings is 1. The van der Waals surface area contributed by atoms with Gasteiger partial charge in [0, 0.05) is 18.2 Å². The van der Waals surface area contributed by atoms with Crippen molar-refractivity contribution in [2.75, 3.05) is 6.61 Å². The van der Waals surface area contributed by atoms with Gasteiger partial charge < -0.3 is 9.84 Å². The maximum Gasteiger partial charge on any atom is 0.337 e. The molecule has 0 aliphatic carbocycles. The predicted octanol–water partition coefficient (Wildman–Crippen LogP) is 2.16. The van der Waals surface area contributed by atoms with Crippen LogP contribution in [0.5, 0.6) is 0 Å². The van der Waals surface area contributed by atoms with Gasteiger partial charge in [-0.3, -0.25) is 9.36 Å². The number of carboxylic acids is 1. The van der Waals surface area contributed by atoms with Gasteiger partial charge >= 0.3 is 5.97 Å². The molecular formula is C14H13NO4. The third kappa shape index (κ3) is 1.92. The Bertz CT molecular complexity index is 653. The van der Waals surface area contributed by atoms with E-state index in [2.05, 4.69) is 0 Å². The van der Waals surface area contributed by atoms with Crippen LogP contribution in [0, 0.1) is 0 Å². The van der Waals surface area contributed by atoms with Crippen LogP contribution in [0.3, 0.4) is 0 Å². The fraction of sp³-hybridized carbons (Fsp3) is 0.286. The van der Waals surface area contributed by atoms with E-state index in [0.29, 0.717) is 23.9 Å². The van der Waals surface area contributed by atoms with E-state index < -0.39 is 12.1 Å². The first-order chi connectivity index (χ1) is 9.18. The SMILES string of the molecule is O=C(O)c1cn(C(=O)C2CCCO2)c2ccccc12. The molecule has 0 bridgehead atoms. The van der Waals surface area contributed by atoms with Crippen LogP contribution < -0.4 is 0 Å². The summed E-state index contributed by atoms with van der Waals surface area (Å²) in [6.45, 7) is 0.585. The summed E-state index contributed by atoms with van der Waals surface area (Å²) >= 11 is 0. The van der Waals surface area contributed by atoms with Gasteiger partial charge in [-0.15, -0.1) is 0 Å². The minimum atomic E-state index is -1.03. The molecule has 19 heavy (non-hydrogen) atoms. The minimum Gasteiger partial charge on any atom is -0.478 e. The average molecular weight is 259 g/mol. The Balaban J connectivity index is 2.13. The van der Waals surface area contributed by atoms with E-state index in [1.807, 2.05) is 0 Å². The van der Waals surface area contributed by atoms with Crippen LogP contribution in [-0.2, 0) is 4.74 Å². The van der Waals surface area contributed by atoms with E-state index >= 15 is 0 Å². The number of carboxylic acid groups (broad SMARTS) is 1. The molecule has 5 heteroatoms. The monoisotopic (exact) mass is 259 g/mol. The summed E-state index contributed by atoms with van der Waals surface area (Å²) < 4.78 is 6.77. The molecule has 1 aliphatic heterocycles. The number of hydrogen-bond donors (Lipinski definition) is 1. The van der Waals surface area contributed by atoms with E-state index in [1.54, 1.807) is 24.3 Å². The molecule has 0 amide bonds. The van der Waals surface area contributed by atoms with Gasteiger partial charge in [-0.25, -0.2) is 4.79 Å². The molecular weight excluding hydrogens is 246 g/mol. The lowest BCUT2D eigenvalue weighted by molar-refractivity contribution is 0.0560. The number of ether oxygens (including phenoxy) is 1. The molecule has 1 fully saturated rings. The second-order valence-corrected chi connectivity index (χ2v) is 4.57. The van der Waals surface area contributed by atoms with Gasteiger partial charge in [-0.05, 0) is 18.9 Å². The Labute approximate surface area is 109 Å². The third-order valence-corrected chi connectivity index (χ3v) is 3.38. The maximum atomic E-state index is 12.3. The Morgan fingerprint density at radius 3 is 2.79 bits per heavy atom. The summed E-state index contributed by atoms with van der Waals surface area (Å²) in [5.41, 5.74) is 0.752. The van der Waals surface area contributed by atoms with Crippen LogP contribution in [0.25, 0.3) is 10.9 Å². The summed E-state index contributed by atoms with van der Waals surface area (Å²) in [6, 6.07) is 7.00. The smallest absolute Gasteiger partial charge is 0.337 e. The van der Waals surface area contributed by atoms with Crippen molar-refractivity contribution in [3.8, 4) is 0 Å². The topological polar surface area (TPSA) is 68.5 Å². The number of aromatic nitrogens is 1. The quantitative estimate of drug-likeness (QED) is 0.897. The summed E-state index contributed by atoms with van der Waals surface area (Å²) in [4.78, 5) is 23.6. The fourth-order valence-corrected chi connectivity index (χ4v) is 2.46. The first-order valence-corrected chi connectivity index (χ1v) is 6.17. The van der Waals surface area contributed by atoms with Crippen LogP contribution in [-0.4, -0.2) is 34.3 Å². The molecule has 3 rings (SSSR count). The van der Waals surface area contributed by atoms with Gasteiger partial charge in [0.05, 0.1) is 11.1 Å². The number of para-hydroxylation sites is 1. The molecule has 0 radical (unpaired) electrons. The second-order valence-electron chi connectivity index (χ2n) is 4.57. The highest BCUT2D eigenvalue weighted by molar-refractivity contribution is 6.07. The Hall–Kier alpha value is -2.14. The predicted molar refractivity (Wildman–Crippen MR) is 68.5 cm³/mol. The minimum absolute atomic E-state index is 0.141. The van der Waals surface area contributed by atoms with Crippen molar-refractivity contribution >= 4 is 22.8 Å².